The zero-order valence-electron chi connectivity index (χ0n) is 14.5. The van der Waals surface area contributed by atoms with Crippen molar-refractivity contribution in [3.63, 3.8) is 0 Å². The average Bonchev–Trinajstić information content (AvgIpc) is 2.50. The lowest BCUT2D eigenvalue weighted by Crippen LogP contribution is -2.41. The summed E-state index contributed by atoms with van der Waals surface area (Å²) in [6.07, 6.45) is 5.84. The summed E-state index contributed by atoms with van der Waals surface area (Å²) in [6.45, 7) is 11.5. The minimum atomic E-state index is -0.814. The Kier molecular flexibility index (Phi) is 7.68. The van der Waals surface area contributed by atoms with E-state index in [1.54, 1.807) is 39.0 Å². The van der Waals surface area contributed by atoms with E-state index in [0.717, 1.165) is 12.0 Å². The highest BCUT2D eigenvalue weighted by molar-refractivity contribution is 5.75. The molecule has 0 bridgehead atoms. The van der Waals surface area contributed by atoms with E-state index < -0.39 is 23.9 Å². The summed E-state index contributed by atoms with van der Waals surface area (Å²) in [4.78, 5) is 11.8. The minimum absolute atomic E-state index is 0.00303. The topological polar surface area (TPSA) is 65.0 Å². The SMILES string of the molecule is C=C/C(C)=C/CCO[C@@H]1C=C[C@H](O)[C@@H](COC(=O)C(C)(C)C)O1. The number of aliphatic hydroxyl groups excluding tert-OH is 1. The molecule has 1 N–H and O–H groups in total. The van der Waals surface area contributed by atoms with E-state index in [2.05, 4.69) is 6.58 Å². The van der Waals surface area contributed by atoms with Crippen LogP contribution in [0.25, 0.3) is 0 Å². The lowest BCUT2D eigenvalue weighted by atomic mass is 9.97. The van der Waals surface area contributed by atoms with Crippen molar-refractivity contribution in [3.8, 4) is 0 Å². The summed E-state index contributed by atoms with van der Waals surface area (Å²) in [5.41, 5.74) is 0.511. The van der Waals surface area contributed by atoms with Crippen molar-refractivity contribution in [2.24, 2.45) is 5.41 Å². The van der Waals surface area contributed by atoms with Crippen LogP contribution in [0.1, 0.15) is 34.1 Å². The Hall–Kier alpha value is -1.43. The maximum atomic E-state index is 11.8. The van der Waals surface area contributed by atoms with Crippen LogP contribution in [-0.4, -0.2) is 42.8 Å². The van der Waals surface area contributed by atoms with E-state index in [-0.39, 0.29) is 12.6 Å². The molecule has 0 aliphatic carbocycles. The van der Waals surface area contributed by atoms with Crippen molar-refractivity contribution in [2.45, 2.75) is 52.6 Å². The van der Waals surface area contributed by atoms with Gasteiger partial charge in [0.2, 0.25) is 0 Å². The predicted molar refractivity (Wildman–Crippen MR) is 88.7 cm³/mol. The van der Waals surface area contributed by atoms with E-state index in [1.165, 1.54) is 0 Å². The van der Waals surface area contributed by atoms with Crippen molar-refractivity contribution in [1.29, 1.82) is 0 Å². The number of aliphatic hydroxyl groups is 1. The van der Waals surface area contributed by atoms with Crippen LogP contribution < -0.4 is 0 Å². The van der Waals surface area contributed by atoms with Crippen LogP contribution in [-0.2, 0) is 19.0 Å². The van der Waals surface area contributed by atoms with Crippen molar-refractivity contribution in [2.75, 3.05) is 13.2 Å². The molecule has 1 aliphatic rings. The first-order chi connectivity index (χ1) is 10.7. The second-order valence-electron chi connectivity index (χ2n) is 6.58. The third kappa shape index (κ3) is 7.12. The third-order valence-corrected chi connectivity index (χ3v) is 3.33. The lowest BCUT2D eigenvalue weighted by molar-refractivity contribution is -0.191. The Labute approximate surface area is 138 Å². The first-order valence-electron chi connectivity index (χ1n) is 7.84. The molecule has 1 heterocycles. The lowest BCUT2D eigenvalue weighted by Gasteiger charge is -2.30. The van der Waals surface area contributed by atoms with Crippen LogP contribution in [0.3, 0.4) is 0 Å². The van der Waals surface area contributed by atoms with Gasteiger partial charge >= 0.3 is 5.97 Å². The fourth-order valence-electron chi connectivity index (χ4n) is 1.79. The van der Waals surface area contributed by atoms with Crippen LogP contribution in [0.4, 0.5) is 0 Å². The van der Waals surface area contributed by atoms with Crippen LogP contribution in [0.2, 0.25) is 0 Å². The summed E-state index contributed by atoms with van der Waals surface area (Å²) >= 11 is 0. The van der Waals surface area contributed by atoms with Gasteiger partial charge in [-0.1, -0.05) is 30.4 Å². The number of hydrogen-bond acceptors (Lipinski definition) is 5. The molecule has 0 aromatic rings. The summed E-state index contributed by atoms with van der Waals surface area (Å²) in [7, 11) is 0. The van der Waals surface area contributed by atoms with Crippen LogP contribution in [0.5, 0.6) is 0 Å². The standard InChI is InChI=1S/C18H28O5/c1-6-13(2)8-7-11-21-16-10-9-14(19)15(23-16)12-22-17(20)18(3,4)5/h6,8-10,14-16,19H,1,7,11-12H2,2-5H3/b13-8+/t14-,15+,16-/m0/s1. The van der Waals surface area contributed by atoms with E-state index in [0.29, 0.717) is 6.61 Å². The summed E-state index contributed by atoms with van der Waals surface area (Å²) < 4.78 is 16.4. The normalized spacial score (nSPS) is 25.3. The monoisotopic (exact) mass is 324 g/mol. The average molecular weight is 324 g/mol. The summed E-state index contributed by atoms with van der Waals surface area (Å²) in [5.74, 6) is -0.328. The van der Waals surface area contributed by atoms with Gasteiger partial charge in [0.25, 0.3) is 0 Å². The highest BCUT2D eigenvalue weighted by Crippen LogP contribution is 2.19. The van der Waals surface area contributed by atoms with E-state index in [4.69, 9.17) is 14.2 Å². The van der Waals surface area contributed by atoms with Crippen molar-refractivity contribution < 1.29 is 24.1 Å². The molecule has 0 radical (unpaired) electrons. The third-order valence-electron chi connectivity index (χ3n) is 3.33. The molecule has 1 rings (SSSR count). The molecular formula is C18H28O5. The maximum absolute atomic E-state index is 11.8. The first-order valence-corrected chi connectivity index (χ1v) is 7.84. The highest BCUT2D eigenvalue weighted by atomic mass is 16.7. The van der Waals surface area contributed by atoms with Crippen LogP contribution in [0, 0.1) is 5.41 Å². The molecule has 0 spiro atoms. The fraction of sp³-hybridized carbons (Fsp3) is 0.611. The molecular weight excluding hydrogens is 296 g/mol. The molecule has 3 atom stereocenters. The molecule has 0 amide bonds. The maximum Gasteiger partial charge on any atom is 0.311 e. The summed E-state index contributed by atoms with van der Waals surface area (Å²) in [6, 6.07) is 0. The smallest absolute Gasteiger partial charge is 0.311 e. The number of ether oxygens (including phenoxy) is 3. The Bertz CT molecular complexity index is 459. The largest absolute Gasteiger partial charge is 0.462 e. The predicted octanol–water partition coefficient (Wildman–Crippen LogP) is 2.76. The van der Waals surface area contributed by atoms with Crippen LogP contribution >= 0.6 is 0 Å². The molecule has 5 nitrogen and oxygen atoms in total. The molecule has 0 aromatic carbocycles. The zero-order valence-corrected chi connectivity index (χ0v) is 14.5. The number of hydrogen-bond donors (Lipinski definition) is 1. The van der Waals surface area contributed by atoms with Gasteiger partial charge in [0, 0.05) is 0 Å². The van der Waals surface area contributed by atoms with Crippen molar-refractivity contribution in [3.05, 3.63) is 36.5 Å². The van der Waals surface area contributed by atoms with E-state index >= 15 is 0 Å². The number of esters is 1. The van der Waals surface area contributed by atoms with Gasteiger partial charge in [-0.15, -0.1) is 0 Å². The quantitative estimate of drug-likeness (QED) is 0.338. The zero-order chi connectivity index (χ0) is 17.5. The Balaban J connectivity index is 2.41. The van der Waals surface area contributed by atoms with Gasteiger partial charge in [-0.25, -0.2) is 0 Å². The van der Waals surface area contributed by atoms with Crippen molar-refractivity contribution in [1.82, 2.24) is 0 Å². The minimum Gasteiger partial charge on any atom is -0.462 e. The molecule has 0 fully saturated rings. The van der Waals surface area contributed by atoms with Gasteiger partial charge in [-0.05, 0) is 40.2 Å². The Morgan fingerprint density at radius 2 is 2.09 bits per heavy atom. The molecule has 0 aromatic heterocycles. The van der Waals surface area contributed by atoms with Crippen molar-refractivity contribution >= 4 is 5.97 Å². The van der Waals surface area contributed by atoms with Gasteiger partial charge in [0.1, 0.15) is 18.8 Å². The molecule has 23 heavy (non-hydrogen) atoms. The number of allylic oxidation sites excluding steroid dienone is 2. The summed E-state index contributed by atoms with van der Waals surface area (Å²) in [5, 5.41) is 9.90. The number of carbonyl (C=O) groups is 1. The molecule has 0 saturated heterocycles. The molecule has 0 saturated carbocycles. The van der Waals surface area contributed by atoms with Gasteiger partial charge in [0.05, 0.1) is 12.0 Å². The first kappa shape index (κ1) is 19.6. The number of carbonyl (C=O) groups excluding carboxylic acids is 1. The second kappa shape index (κ2) is 9.01. The van der Waals surface area contributed by atoms with E-state index in [9.17, 15) is 9.90 Å². The Morgan fingerprint density at radius 3 is 2.70 bits per heavy atom. The van der Waals surface area contributed by atoms with Gasteiger partial charge < -0.3 is 19.3 Å². The van der Waals surface area contributed by atoms with E-state index in [1.807, 2.05) is 13.0 Å². The molecule has 0 unspecified atom stereocenters. The van der Waals surface area contributed by atoms with Crippen LogP contribution in [0.15, 0.2) is 36.5 Å². The number of rotatable bonds is 7. The Morgan fingerprint density at radius 1 is 1.39 bits per heavy atom. The van der Waals surface area contributed by atoms with Gasteiger partial charge in [-0.2, -0.15) is 0 Å². The molecule has 130 valence electrons. The second-order valence-corrected chi connectivity index (χ2v) is 6.58. The molecule has 1 aliphatic heterocycles. The molecule has 5 heteroatoms. The van der Waals surface area contributed by atoms with Gasteiger partial charge in [0.15, 0.2) is 6.29 Å². The highest BCUT2D eigenvalue weighted by Gasteiger charge is 2.30. The fourth-order valence-corrected chi connectivity index (χ4v) is 1.79. The van der Waals surface area contributed by atoms with Gasteiger partial charge in [-0.3, -0.25) is 4.79 Å².